The van der Waals surface area contributed by atoms with Gasteiger partial charge in [-0.2, -0.15) is 0 Å². The Morgan fingerprint density at radius 1 is 1.26 bits per heavy atom. The van der Waals surface area contributed by atoms with Crippen LogP contribution >= 0.6 is 11.6 Å². The number of piperidine rings is 1. The minimum atomic E-state index is -0.167. The molecule has 0 aliphatic carbocycles. The molecule has 1 aromatic carbocycles. The standard InChI is InChI=1S/C17H24ClN3O2/c1-2-23-14-7-9-21(10-8-14)17(22)16-11-15(19-20-16)12-3-5-13(18)6-4-12/h3-6,14-16,19-20H,2,7-11H2,1H3. The molecule has 2 unspecified atom stereocenters. The van der Waals surface area contributed by atoms with Crippen molar-refractivity contribution in [2.24, 2.45) is 0 Å². The molecule has 2 aliphatic heterocycles. The summed E-state index contributed by atoms with van der Waals surface area (Å²) < 4.78 is 5.64. The van der Waals surface area contributed by atoms with Crippen molar-refractivity contribution in [1.82, 2.24) is 15.8 Å². The molecule has 3 rings (SSSR count). The van der Waals surface area contributed by atoms with Gasteiger partial charge in [-0.3, -0.25) is 4.79 Å². The normalized spacial score (nSPS) is 25.7. The van der Waals surface area contributed by atoms with E-state index in [-0.39, 0.29) is 18.0 Å². The first kappa shape index (κ1) is 16.7. The molecule has 23 heavy (non-hydrogen) atoms. The number of hydrogen-bond acceptors (Lipinski definition) is 4. The summed E-state index contributed by atoms with van der Waals surface area (Å²) in [6.07, 6.45) is 2.92. The van der Waals surface area contributed by atoms with E-state index in [9.17, 15) is 4.79 Å². The van der Waals surface area contributed by atoms with Gasteiger partial charge >= 0.3 is 0 Å². The molecule has 2 saturated heterocycles. The number of carbonyl (C=O) groups excluding carboxylic acids is 1. The van der Waals surface area contributed by atoms with Gasteiger partial charge in [0.2, 0.25) is 5.91 Å². The van der Waals surface area contributed by atoms with Crippen LogP contribution < -0.4 is 10.9 Å². The molecule has 2 aliphatic rings. The lowest BCUT2D eigenvalue weighted by molar-refractivity contribution is -0.135. The van der Waals surface area contributed by atoms with Gasteiger partial charge in [0.25, 0.3) is 0 Å². The van der Waals surface area contributed by atoms with Gasteiger partial charge in [-0.25, -0.2) is 10.9 Å². The lowest BCUT2D eigenvalue weighted by atomic mass is 10.0. The first-order valence-corrected chi connectivity index (χ1v) is 8.72. The second-order valence-electron chi connectivity index (χ2n) is 6.16. The van der Waals surface area contributed by atoms with Crippen molar-refractivity contribution in [3.63, 3.8) is 0 Å². The number of amides is 1. The molecule has 2 fully saturated rings. The third-order valence-electron chi connectivity index (χ3n) is 4.63. The Hall–Kier alpha value is -1.14. The van der Waals surface area contributed by atoms with Crippen molar-refractivity contribution >= 4 is 17.5 Å². The second kappa shape index (κ2) is 7.62. The molecule has 2 atom stereocenters. The Bertz CT molecular complexity index is 529. The first-order chi connectivity index (χ1) is 11.2. The van der Waals surface area contributed by atoms with Crippen LogP contribution in [0.1, 0.15) is 37.8 Å². The zero-order valence-electron chi connectivity index (χ0n) is 13.4. The van der Waals surface area contributed by atoms with Crippen molar-refractivity contribution in [2.75, 3.05) is 19.7 Å². The van der Waals surface area contributed by atoms with Gasteiger partial charge in [-0.05, 0) is 43.9 Å². The third kappa shape index (κ3) is 4.04. The zero-order chi connectivity index (χ0) is 16.2. The molecule has 0 radical (unpaired) electrons. The van der Waals surface area contributed by atoms with E-state index in [1.165, 1.54) is 0 Å². The Balaban J connectivity index is 1.52. The highest BCUT2D eigenvalue weighted by Crippen LogP contribution is 2.25. The predicted octanol–water partition coefficient (Wildman–Crippen LogP) is 2.28. The number of nitrogens with zero attached hydrogens (tertiary/aromatic N) is 1. The molecule has 0 aromatic heterocycles. The van der Waals surface area contributed by atoms with Gasteiger partial charge < -0.3 is 9.64 Å². The minimum Gasteiger partial charge on any atom is -0.378 e. The largest absolute Gasteiger partial charge is 0.378 e. The SMILES string of the molecule is CCOC1CCN(C(=O)C2CC(c3ccc(Cl)cc3)NN2)CC1. The van der Waals surface area contributed by atoms with Crippen LogP contribution in [0.5, 0.6) is 0 Å². The van der Waals surface area contributed by atoms with Crippen molar-refractivity contribution < 1.29 is 9.53 Å². The Morgan fingerprint density at radius 2 is 1.96 bits per heavy atom. The van der Waals surface area contributed by atoms with Crippen LogP contribution in [0.25, 0.3) is 0 Å². The number of rotatable bonds is 4. The van der Waals surface area contributed by atoms with E-state index in [1.807, 2.05) is 36.1 Å². The summed E-state index contributed by atoms with van der Waals surface area (Å²) in [7, 11) is 0. The van der Waals surface area contributed by atoms with Gasteiger partial charge in [-0.15, -0.1) is 0 Å². The summed E-state index contributed by atoms with van der Waals surface area (Å²) in [5.74, 6) is 0.184. The second-order valence-corrected chi connectivity index (χ2v) is 6.60. The monoisotopic (exact) mass is 337 g/mol. The molecule has 1 amide bonds. The summed E-state index contributed by atoms with van der Waals surface area (Å²) in [6.45, 7) is 4.33. The summed E-state index contributed by atoms with van der Waals surface area (Å²) in [5.41, 5.74) is 7.52. The molecule has 1 aromatic rings. The third-order valence-corrected chi connectivity index (χ3v) is 4.88. The molecule has 5 nitrogen and oxygen atoms in total. The van der Waals surface area contributed by atoms with Gasteiger partial charge in [0.05, 0.1) is 6.10 Å². The Morgan fingerprint density at radius 3 is 2.61 bits per heavy atom. The smallest absolute Gasteiger partial charge is 0.241 e. The molecule has 126 valence electrons. The highest BCUT2D eigenvalue weighted by atomic mass is 35.5. The number of likely N-dealkylation sites (tertiary alicyclic amines) is 1. The predicted molar refractivity (Wildman–Crippen MR) is 90.1 cm³/mol. The van der Waals surface area contributed by atoms with Crippen LogP contribution in [0.3, 0.4) is 0 Å². The van der Waals surface area contributed by atoms with Crippen LogP contribution in [0, 0.1) is 0 Å². The van der Waals surface area contributed by atoms with E-state index in [1.54, 1.807) is 0 Å². The van der Waals surface area contributed by atoms with Gasteiger partial charge in [0.15, 0.2) is 0 Å². The summed E-state index contributed by atoms with van der Waals surface area (Å²) >= 11 is 5.93. The van der Waals surface area contributed by atoms with Crippen LogP contribution in [0.4, 0.5) is 0 Å². The number of ether oxygens (including phenoxy) is 1. The molecule has 2 N–H and O–H groups in total. The van der Waals surface area contributed by atoms with Crippen molar-refractivity contribution in [3.8, 4) is 0 Å². The van der Waals surface area contributed by atoms with E-state index in [0.717, 1.165) is 49.5 Å². The summed E-state index contributed by atoms with van der Waals surface area (Å²) in [5, 5.41) is 0.726. The molecular formula is C17H24ClN3O2. The van der Waals surface area contributed by atoms with Gasteiger partial charge in [0.1, 0.15) is 6.04 Å². The maximum Gasteiger partial charge on any atom is 0.241 e. The molecule has 6 heteroatoms. The molecule has 0 spiro atoms. The average molecular weight is 338 g/mol. The van der Waals surface area contributed by atoms with E-state index in [2.05, 4.69) is 10.9 Å². The summed E-state index contributed by atoms with van der Waals surface area (Å²) in [4.78, 5) is 14.6. The fourth-order valence-corrected chi connectivity index (χ4v) is 3.46. The van der Waals surface area contributed by atoms with Gasteiger partial charge in [-0.1, -0.05) is 23.7 Å². The number of carbonyl (C=O) groups is 1. The van der Waals surface area contributed by atoms with Crippen molar-refractivity contribution in [3.05, 3.63) is 34.9 Å². The number of hydrogen-bond donors (Lipinski definition) is 2. The van der Waals surface area contributed by atoms with Crippen LogP contribution in [-0.4, -0.2) is 42.6 Å². The molecule has 0 saturated carbocycles. The lowest BCUT2D eigenvalue weighted by Crippen LogP contribution is -2.49. The lowest BCUT2D eigenvalue weighted by Gasteiger charge is -2.33. The molecular weight excluding hydrogens is 314 g/mol. The van der Waals surface area contributed by atoms with Crippen molar-refractivity contribution in [2.45, 2.75) is 44.4 Å². The van der Waals surface area contributed by atoms with E-state index < -0.39 is 0 Å². The fourth-order valence-electron chi connectivity index (χ4n) is 3.33. The highest BCUT2D eigenvalue weighted by Gasteiger charge is 2.34. The Labute approximate surface area is 142 Å². The number of benzene rings is 1. The van der Waals surface area contributed by atoms with E-state index >= 15 is 0 Å². The molecule has 0 bridgehead atoms. The first-order valence-electron chi connectivity index (χ1n) is 8.34. The van der Waals surface area contributed by atoms with Crippen molar-refractivity contribution in [1.29, 1.82) is 0 Å². The topological polar surface area (TPSA) is 53.6 Å². The molecule has 2 heterocycles. The van der Waals surface area contributed by atoms with E-state index in [0.29, 0.717) is 6.10 Å². The number of halogens is 1. The van der Waals surface area contributed by atoms with Gasteiger partial charge in [0, 0.05) is 30.8 Å². The zero-order valence-corrected chi connectivity index (χ0v) is 14.2. The minimum absolute atomic E-state index is 0.141. The quantitative estimate of drug-likeness (QED) is 0.885. The maximum absolute atomic E-state index is 12.7. The highest BCUT2D eigenvalue weighted by molar-refractivity contribution is 6.30. The maximum atomic E-state index is 12.7. The van der Waals surface area contributed by atoms with Crippen LogP contribution in [0.15, 0.2) is 24.3 Å². The fraction of sp³-hybridized carbons (Fsp3) is 0.588. The summed E-state index contributed by atoms with van der Waals surface area (Å²) in [6, 6.07) is 7.74. The van der Waals surface area contributed by atoms with Crippen LogP contribution in [-0.2, 0) is 9.53 Å². The Kier molecular flexibility index (Phi) is 5.54. The van der Waals surface area contributed by atoms with Crippen LogP contribution in [0.2, 0.25) is 5.02 Å². The number of hydrazine groups is 1. The average Bonchev–Trinajstić information content (AvgIpc) is 3.06. The number of nitrogens with one attached hydrogen (secondary N) is 2. The van der Waals surface area contributed by atoms with E-state index in [4.69, 9.17) is 16.3 Å².